The maximum Gasteiger partial charge on any atom is 0.0722 e. The Morgan fingerprint density at radius 2 is 1.85 bits per heavy atom. The second kappa shape index (κ2) is 4.74. The van der Waals surface area contributed by atoms with Gasteiger partial charge in [-0.15, -0.1) is 0 Å². The van der Waals surface area contributed by atoms with Gasteiger partial charge in [-0.05, 0) is 37.3 Å². The minimum atomic E-state index is -1.20. The molecule has 98 valence electrons. The summed E-state index contributed by atoms with van der Waals surface area (Å²) in [5, 5.41) is 12.0. The molecule has 0 aliphatic carbocycles. The summed E-state index contributed by atoms with van der Waals surface area (Å²) in [6.45, 7) is 1.91. The van der Waals surface area contributed by atoms with Crippen molar-refractivity contribution in [2.45, 2.75) is 6.92 Å². The molecule has 0 fully saturated rings. The van der Waals surface area contributed by atoms with Crippen LogP contribution in [-0.4, -0.2) is 15.9 Å². The normalized spacial score (nSPS) is 10.7. The van der Waals surface area contributed by atoms with E-state index in [1.165, 1.54) is 0 Å². The summed E-state index contributed by atoms with van der Waals surface area (Å²) in [7, 11) is 0. The van der Waals surface area contributed by atoms with Gasteiger partial charge in [0.05, 0.1) is 17.2 Å². The van der Waals surface area contributed by atoms with Gasteiger partial charge >= 0.3 is 0 Å². The van der Waals surface area contributed by atoms with Crippen molar-refractivity contribution in [3.05, 3.63) is 59.9 Å². The summed E-state index contributed by atoms with van der Waals surface area (Å²) in [6.07, 6.45) is 3.30. The zero-order chi connectivity index (χ0) is 14.1. The molecule has 0 aliphatic heterocycles. The molecule has 2 aromatic heterocycles. The molecule has 20 heavy (non-hydrogen) atoms. The number of pyridine rings is 2. The SMILES string of the molecule is Cc1ccc2nc(-c3ccncc3)cc(C(=O)[O-])c2c1. The first-order valence-corrected chi connectivity index (χ1v) is 6.18. The standard InChI is InChI=1S/C16H12N2O2/c1-10-2-3-14-12(8-10)13(16(19)20)9-15(18-14)11-4-6-17-7-5-11/h2-9H,1H3,(H,19,20)/p-1. The lowest BCUT2D eigenvalue weighted by Gasteiger charge is -2.11. The third-order valence-electron chi connectivity index (χ3n) is 3.16. The number of rotatable bonds is 2. The second-order valence-electron chi connectivity index (χ2n) is 4.60. The quantitative estimate of drug-likeness (QED) is 0.709. The third kappa shape index (κ3) is 2.12. The largest absolute Gasteiger partial charge is 0.545 e. The molecule has 3 rings (SSSR count). The first-order chi connectivity index (χ1) is 9.65. The minimum Gasteiger partial charge on any atom is -0.545 e. The smallest absolute Gasteiger partial charge is 0.0722 e. The van der Waals surface area contributed by atoms with E-state index >= 15 is 0 Å². The predicted octanol–water partition coefficient (Wildman–Crippen LogP) is 1.97. The zero-order valence-corrected chi connectivity index (χ0v) is 10.8. The van der Waals surface area contributed by atoms with Crippen LogP contribution in [0.2, 0.25) is 0 Å². The number of carboxylic acid groups (broad SMARTS) is 1. The molecule has 2 heterocycles. The van der Waals surface area contributed by atoms with Gasteiger partial charge in [-0.2, -0.15) is 0 Å². The van der Waals surface area contributed by atoms with Crippen LogP contribution in [0.5, 0.6) is 0 Å². The van der Waals surface area contributed by atoms with E-state index in [1.54, 1.807) is 30.6 Å². The van der Waals surface area contributed by atoms with Crippen molar-refractivity contribution < 1.29 is 9.90 Å². The number of fused-ring (bicyclic) bond motifs is 1. The summed E-state index contributed by atoms with van der Waals surface area (Å²) >= 11 is 0. The van der Waals surface area contributed by atoms with Crippen LogP contribution in [0.25, 0.3) is 22.2 Å². The molecular weight excluding hydrogens is 252 g/mol. The van der Waals surface area contributed by atoms with Crippen LogP contribution >= 0.6 is 0 Å². The highest BCUT2D eigenvalue weighted by atomic mass is 16.4. The first kappa shape index (κ1) is 12.3. The van der Waals surface area contributed by atoms with E-state index < -0.39 is 5.97 Å². The Labute approximate surface area is 115 Å². The average Bonchev–Trinajstić information content (AvgIpc) is 2.47. The summed E-state index contributed by atoms with van der Waals surface area (Å²) in [5.74, 6) is -1.20. The van der Waals surface area contributed by atoms with E-state index in [4.69, 9.17) is 0 Å². The molecule has 0 radical (unpaired) electrons. The molecule has 0 saturated carbocycles. The minimum absolute atomic E-state index is 0.158. The predicted molar refractivity (Wildman–Crippen MR) is 74.0 cm³/mol. The fourth-order valence-electron chi connectivity index (χ4n) is 2.18. The maximum atomic E-state index is 11.4. The lowest BCUT2D eigenvalue weighted by atomic mass is 10.0. The van der Waals surface area contributed by atoms with Crippen molar-refractivity contribution >= 4 is 16.9 Å². The van der Waals surface area contributed by atoms with E-state index in [1.807, 2.05) is 25.1 Å². The number of hydrogen-bond acceptors (Lipinski definition) is 4. The van der Waals surface area contributed by atoms with Crippen LogP contribution in [0, 0.1) is 6.92 Å². The fourth-order valence-corrected chi connectivity index (χ4v) is 2.18. The Bertz CT molecular complexity index is 798. The Hall–Kier alpha value is -2.75. The Morgan fingerprint density at radius 3 is 2.55 bits per heavy atom. The zero-order valence-electron chi connectivity index (χ0n) is 10.8. The van der Waals surface area contributed by atoms with Gasteiger partial charge in [-0.1, -0.05) is 11.6 Å². The Balaban J connectivity index is 2.32. The lowest BCUT2D eigenvalue weighted by Crippen LogP contribution is -2.22. The molecule has 0 N–H and O–H groups in total. The van der Waals surface area contributed by atoms with E-state index in [2.05, 4.69) is 9.97 Å². The maximum absolute atomic E-state index is 11.4. The molecule has 1 aromatic carbocycles. The summed E-state index contributed by atoms with van der Waals surface area (Å²) < 4.78 is 0. The number of aryl methyl sites for hydroxylation is 1. The number of carboxylic acids is 1. The second-order valence-corrected chi connectivity index (χ2v) is 4.60. The van der Waals surface area contributed by atoms with Gasteiger partial charge < -0.3 is 9.90 Å². The van der Waals surface area contributed by atoms with Crippen LogP contribution in [-0.2, 0) is 0 Å². The van der Waals surface area contributed by atoms with Crippen molar-refractivity contribution in [3.63, 3.8) is 0 Å². The molecule has 4 heteroatoms. The number of hydrogen-bond donors (Lipinski definition) is 0. The van der Waals surface area contributed by atoms with Crippen LogP contribution < -0.4 is 5.11 Å². The van der Waals surface area contributed by atoms with E-state index in [-0.39, 0.29) is 5.56 Å². The molecule has 0 saturated heterocycles. The number of nitrogens with zero attached hydrogens (tertiary/aromatic N) is 2. The van der Waals surface area contributed by atoms with Crippen LogP contribution in [0.15, 0.2) is 48.8 Å². The molecular formula is C16H11N2O2-. The van der Waals surface area contributed by atoms with E-state index in [0.717, 1.165) is 11.1 Å². The number of benzene rings is 1. The Morgan fingerprint density at radius 1 is 1.10 bits per heavy atom. The topological polar surface area (TPSA) is 65.9 Å². The highest BCUT2D eigenvalue weighted by Gasteiger charge is 2.08. The van der Waals surface area contributed by atoms with Crippen LogP contribution in [0.3, 0.4) is 0 Å². The van der Waals surface area contributed by atoms with Crippen LogP contribution in [0.4, 0.5) is 0 Å². The third-order valence-corrected chi connectivity index (χ3v) is 3.16. The van der Waals surface area contributed by atoms with Crippen molar-refractivity contribution in [2.24, 2.45) is 0 Å². The number of aromatic carboxylic acids is 1. The average molecular weight is 263 g/mol. The highest BCUT2D eigenvalue weighted by molar-refractivity contribution is 6.03. The summed E-state index contributed by atoms with van der Waals surface area (Å²) in [4.78, 5) is 19.8. The molecule has 4 nitrogen and oxygen atoms in total. The van der Waals surface area contributed by atoms with Crippen molar-refractivity contribution in [3.8, 4) is 11.3 Å². The number of carbonyl (C=O) groups excluding carboxylic acids is 1. The van der Waals surface area contributed by atoms with Gasteiger partial charge in [0.1, 0.15) is 0 Å². The van der Waals surface area contributed by atoms with Gasteiger partial charge in [-0.25, -0.2) is 4.98 Å². The number of aromatic nitrogens is 2. The number of carbonyl (C=O) groups is 1. The van der Waals surface area contributed by atoms with Gasteiger partial charge in [-0.3, -0.25) is 4.98 Å². The highest BCUT2D eigenvalue weighted by Crippen LogP contribution is 2.25. The monoisotopic (exact) mass is 263 g/mol. The lowest BCUT2D eigenvalue weighted by molar-refractivity contribution is -0.254. The van der Waals surface area contributed by atoms with Crippen molar-refractivity contribution in [1.82, 2.24) is 9.97 Å². The first-order valence-electron chi connectivity index (χ1n) is 6.18. The van der Waals surface area contributed by atoms with E-state index in [0.29, 0.717) is 16.6 Å². The van der Waals surface area contributed by atoms with Crippen molar-refractivity contribution in [1.29, 1.82) is 0 Å². The summed E-state index contributed by atoms with van der Waals surface area (Å²) in [5.41, 5.74) is 3.21. The molecule has 0 unspecified atom stereocenters. The van der Waals surface area contributed by atoms with Gasteiger partial charge in [0.2, 0.25) is 0 Å². The van der Waals surface area contributed by atoms with Crippen LogP contribution in [0.1, 0.15) is 15.9 Å². The van der Waals surface area contributed by atoms with Gasteiger partial charge in [0.15, 0.2) is 0 Å². The van der Waals surface area contributed by atoms with Crippen molar-refractivity contribution in [2.75, 3.05) is 0 Å². The Kier molecular flexibility index (Phi) is 2.91. The molecule has 0 aliphatic rings. The van der Waals surface area contributed by atoms with Gasteiger partial charge in [0.25, 0.3) is 0 Å². The molecule has 3 aromatic rings. The fraction of sp³-hybridized carbons (Fsp3) is 0.0625. The molecule has 0 spiro atoms. The molecule has 0 amide bonds. The summed E-state index contributed by atoms with van der Waals surface area (Å²) in [6, 6.07) is 10.7. The van der Waals surface area contributed by atoms with E-state index in [9.17, 15) is 9.90 Å². The molecule has 0 atom stereocenters. The molecule has 0 bridgehead atoms. The van der Waals surface area contributed by atoms with Gasteiger partial charge in [0, 0.05) is 28.9 Å².